The molecule has 86 valence electrons. The van der Waals surface area contributed by atoms with Gasteiger partial charge in [0.05, 0.1) is 6.61 Å². The third kappa shape index (κ3) is 4.08. The van der Waals surface area contributed by atoms with Gasteiger partial charge in [-0.1, -0.05) is 12.0 Å². The zero-order valence-electron chi connectivity index (χ0n) is 9.59. The van der Waals surface area contributed by atoms with Crippen molar-refractivity contribution in [3.05, 3.63) is 10.4 Å². The molecule has 0 radical (unpaired) electrons. The van der Waals surface area contributed by atoms with E-state index in [1.807, 2.05) is 6.92 Å². The smallest absolute Gasteiger partial charge is 0.0509 e. The predicted molar refractivity (Wildman–Crippen MR) is 59.6 cm³/mol. The molecule has 0 aromatic carbocycles. The summed E-state index contributed by atoms with van der Waals surface area (Å²) in [4.78, 5) is 5.11. The Morgan fingerprint density at radius 3 is 3.00 bits per heavy atom. The van der Waals surface area contributed by atoms with Crippen LogP contribution in [0.5, 0.6) is 0 Å². The van der Waals surface area contributed by atoms with Crippen LogP contribution in [0.4, 0.5) is 0 Å². The molecule has 1 rings (SSSR count). The fraction of sp³-hybridized carbons (Fsp3) is 1.00. The van der Waals surface area contributed by atoms with E-state index < -0.39 is 0 Å². The van der Waals surface area contributed by atoms with Gasteiger partial charge in [-0.15, -0.1) is 0 Å². The standard InChI is InChI=1S/C10H20N4O/c1-3-15-8-10-7-14(6-9(10)2)5-4-12-13-11/h9-10H,3-8H2,1-2H3/t9-,10+/m1/s1. The molecule has 0 N–H and O–H groups in total. The molecule has 1 heterocycles. The molecule has 0 bridgehead atoms. The largest absolute Gasteiger partial charge is 0.381 e. The Hall–Kier alpha value is -0.770. The third-order valence-corrected chi connectivity index (χ3v) is 2.96. The van der Waals surface area contributed by atoms with Gasteiger partial charge in [-0.2, -0.15) is 0 Å². The topological polar surface area (TPSA) is 61.2 Å². The van der Waals surface area contributed by atoms with Crippen LogP contribution >= 0.6 is 0 Å². The van der Waals surface area contributed by atoms with Crippen molar-refractivity contribution in [2.75, 3.05) is 39.4 Å². The van der Waals surface area contributed by atoms with E-state index in [1.165, 1.54) is 0 Å². The Balaban J connectivity index is 2.24. The number of ether oxygens (including phenoxy) is 1. The lowest BCUT2D eigenvalue weighted by Crippen LogP contribution is -2.24. The van der Waals surface area contributed by atoms with Gasteiger partial charge < -0.3 is 9.64 Å². The summed E-state index contributed by atoms with van der Waals surface area (Å²) in [5, 5.41) is 3.56. The second-order valence-corrected chi connectivity index (χ2v) is 4.11. The fourth-order valence-electron chi connectivity index (χ4n) is 2.04. The first-order valence-electron chi connectivity index (χ1n) is 5.58. The lowest BCUT2D eigenvalue weighted by molar-refractivity contribution is 0.102. The van der Waals surface area contributed by atoms with Crippen molar-refractivity contribution >= 4 is 0 Å². The number of hydrogen-bond donors (Lipinski definition) is 0. The number of likely N-dealkylation sites (tertiary alicyclic amines) is 1. The van der Waals surface area contributed by atoms with Crippen LogP contribution in [0.25, 0.3) is 10.4 Å². The van der Waals surface area contributed by atoms with E-state index in [2.05, 4.69) is 21.8 Å². The normalized spacial score (nSPS) is 26.5. The van der Waals surface area contributed by atoms with Crippen molar-refractivity contribution in [1.82, 2.24) is 4.90 Å². The van der Waals surface area contributed by atoms with Crippen LogP contribution < -0.4 is 0 Å². The molecule has 15 heavy (non-hydrogen) atoms. The second-order valence-electron chi connectivity index (χ2n) is 4.11. The zero-order chi connectivity index (χ0) is 11.1. The Morgan fingerprint density at radius 1 is 1.53 bits per heavy atom. The van der Waals surface area contributed by atoms with Gasteiger partial charge in [0.2, 0.25) is 0 Å². The lowest BCUT2D eigenvalue weighted by atomic mass is 9.99. The first-order valence-corrected chi connectivity index (χ1v) is 5.58. The van der Waals surface area contributed by atoms with E-state index in [4.69, 9.17) is 10.3 Å². The van der Waals surface area contributed by atoms with E-state index in [9.17, 15) is 0 Å². The molecule has 0 aromatic rings. The van der Waals surface area contributed by atoms with Crippen LogP contribution in [0.1, 0.15) is 13.8 Å². The van der Waals surface area contributed by atoms with Gasteiger partial charge in [-0.3, -0.25) is 0 Å². The minimum atomic E-state index is 0.574. The van der Waals surface area contributed by atoms with Crippen molar-refractivity contribution in [3.63, 3.8) is 0 Å². The van der Waals surface area contributed by atoms with Crippen molar-refractivity contribution in [3.8, 4) is 0 Å². The van der Waals surface area contributed by atoms with Crippen LogP contribution in [-0.4, -0.2) is 44.3 Å². The fourth-order valence-corrected chi connectivity index (χ4v) is 2.04. The molecule has 5 nitrogen and oxygen atoms in total. The Morgan fingerprint density at radius 2 is 2.33 bits per heavy atom. The molecule has 0 aromatic heterocycles. The molecule has 2 atom stereocenters. The summed E-state index contributed by atoms with van der Waals surface area (Å²) < 4.78 is 5.45. The van der Waals surface area contributed by atoms with Gasteiger partial charge in [0, 0.05) is 37.7 Å². The van der Waals surface area contributed by atoms with Gasteiger partial charge in [0.25, 0.3) is 0 Å². The Bertz CT molecular complexity index is 227. The van der Waals surface area contributed by atoms with E-state index in [0.29, 0.717) is 18.4 Å². The molecule has 0 saturated carbocycles. The summed E-state index contributed by atoms with van der Waals surface area (Å²) in [7, 11) is 0. The van der Waals surface area contributed by atoms with Crippen LogP contribution in [0.3, 0.4) is 0 Å². The SMILES string of the molecule is CCOC[C@@H]1CN(CCN=[N+]=[N-])C[C@H]1C. The highest BCUT2D eigenvalue weighted by Crippen LogP contribution is 2.22. The highest BCUT2D eigenvalue weighted by Gasteiger charge is 2.28. The highest BCUT2D eigenvalue weighted by molar-refractivity contribution is 4.81. The molecule has 5 heteroatoms. The molecular formula is C10H20N4O. The number of rotatable bonds is 6. The minimum Gasteiger partial charge on any atom is -0.381 e. The van der Waals surface area contributed by atoms with Crippen LogP contribution in [0, 0.1) is 11.8 Å². The van der Waals surface area contributed by atoms with Gasteiger partial charge in [0.1, 0.15) is 0 Å². The first kappa shape index (κ1) is 12.3. The van der Waals surface area contributed by atoms with Gasteiger partial charge in [-0.25, -0.2) is 0 Å². The van der Waals surface area contributed by atoms with Gasteiger partial charge >= 0.3 is 0 Å². The van der Waals surface area contributed by atoms with Crippen LogP contribution in [0.2, 0.25) is 0 Å². The molecule has 1 aliphatic rings. The summed E-state index contributed by atoms with van der Waals surface area (Å²) in [6, 6.07) is 0. The van der Waals surface area contributed by atoms with Crippen molar-refractivity contribution in [1.29, 1.82) is 0 Å². The maximum atomic E-state index is 8.18. The van der Waals surface area contributed by atoms with Crippen LogP contribution in [-0.2, 0) is 4.74 Å². The van der Waals surface area contributed by atoms with Gasteiger partial charge in [0.15, 0.2) is 0 Å². The van der Waals surface area contributed by atoms with Gasteiger partial charge in [-0.05, 0) is 24.3 Å². The molecule has 0 amide bonds. The maximum Gasteiger partial charge on any atom is 0.0509 e. The van der Waals surface area contributed by atoms with Crippen molar-refractivity contribution in [2.45, 2.75) is 13.8 Å². The highest BCUT2D eigenvalue weighted by atomic mass is 16.5. The maximum absolute atomic E-state index is 8.18. The minimum absolute atomic E-state index is 0.574. The Labute approximate surface area is 91.0 Å². The third-order valence-electron chi connectivity index (χ3n) is 2.96. The first-order chi connectivity index (χ1) is 7.27. The van der Waals surface area contributed by atoms with Crippen LogP contribution in [0.15, 0.2) is 5.11 Å². The second kappa shape index (κ2) is 6.67. The van der Waals surface area contributed by atoms with E-state index in [1.54, 1.807) is 0 Å². The molecule has 1 aliphatic heterocycles. The molecule has 0 aliphatic carbocycles. The molecule has 0 unspecified atom stereocenters. The van der Waals surface area contributed by atoms with E-state index in [-0.39, 0.29) is 0 Å². The average Bonchev–Trinajstić information content (AvgIpc) is 2.57. The van der Waals surface area contributed by atoms with Crippen molar-refractivity contribution < 1.29 is 4.74 Å². The van der Waals surface area contributed by atoms with E-state index in [0.717, 1.165) is 32.8 Å². The Kier molecular flexibility index (Phi) is 5.47. The summed E-state index contributed by atoms with van der Waals surface area (Å²) in [5.41, 5.74) is 8.18. The molecule has 0 spiro atoms. The summed E-state index contributed by atoms with van der Waals surface area (Å²) in [5.74, 6) is 1.32. The van der Waals surface area contributed by atoms with E-state index >= 15 is 0 Å². The summed E-state index contributed by atoms with van der Waals surface area (Å²) in [6.07, 6.45) is 0. The molecule has 1 fully saturated rings. The quantitative estimate of drug-likeness (QED) is 0.383. The lowest BCUT2D eigenvalue weighted by Gasteiger charge is -2.14. The number of hydrogen-bond acceptors (Lipinski definition) is 3. The average molecular weight is 212 g/mol. The zero-order valence-corrected chi connectivity index (χ0v) is 9.59. The summed E-state index contributed by atoms with van der Waals surface area (Å²) >= 11 is 0. The van der Waals surface area contributed by atoms with Crippen molar-refractivity contribution in [2.24, 2.45) is 17.0 Å². The molecule has 1 saturated heterocycles. The number of nitrogens with zero attached hydrogens (tertiary/aromatic N) is 4. The number of azide groups is 1. The predicted octanol–water partition coefficient (Wildman–Crippen LogP) is 1.90. The summed E-state index contributed by atoms with van der Waals surface area (Å²) in [6.45, 7) is 9.55. The monoisotopic (exact) mass is 212 g/mol. The molecular weight excluding hydrogens is 192 g/mol.